The molecule has 29 heavy (non-hydrogen) atoms. The number of carboxylic acids is 1. The molecule has 2 amide bonds. The summed E-state index contributed by atoms with van der Waals surface area (Å²) in [7, 11) is 0. The lowest BCUT2D eigenvalue weighted by Crippen LogP contribution is -2.46. The van der Waals surface area contributed by atoms with E-state index >= 15 is 0 Å². The molecule has 9 nitrogen and oxygen atoms in total. The van der Waals surface area contributed by atoms with Crippen LogP contribution >= 0.6 is 0 Å². The first kappa shape index (κ1) is 20.5. The van der Waals surface area contributed by atoms with Crippen molar-refractivity contribution in [3.05, 3.63) is 47.4 Å². The third kappa shape index (κ3) is 5.41. The Morgan fingerprint density at radius 1 is 1.17 bits per heavy atom. The fourth-order valence-electron chi connectivity index (χ4n) is 3.37. The summed E-state index contributed by atoms with van der Waals surface area (Å²) in [6.45, 7) is 8.46. The van der Waals surface area contributed by atoms with Crippen LogP contribution < -0.4 is 15.5 Å². The van der Waals surface area contributed by atoms with Gasteiger partial charge in [0.1, 0.15) is 11.5 Å². The molecule has 0 aliphatic carbocycles. The Hall–Kier alpha value is -3.20. The van der Waals surface area contributed by atoms with Crippen LogP contribution in [0.4, 0.5) is 16.3 Å². The maximum atomic E-state index is 11.7. The molecule has 1 aliphatic heterocycles. The zero-order valence-corrected chi connectivity index (χ0v) is 16.7. The minimum absolute atomic E-state index is 0.0691. The molecule has 0 spiro atoms. The maximum Gasteiger partial charge on any atom is 0.354 e. The van der Waals surface area contributed by atoms with Gasteiger partial charge in [-0.3, -0.25) is 10.2 Å². The number of hydrogen-bond acceptors (Lipinski definition) is 6. The normalized spacial score (nSPS) is 14.5. The minimum Gasteiger partial charge on any atom is -0.477 e. The summed E-state index contributed by atoms with van der Waals surface area (Å²) in [5.74, 6) is -0.477. The van der Waals surface area contributed by atoms with Gasteiger partial charge in [-0.25, -0.2) is 19.6 Å². The predicted octanol–water partition coefficient (Wildman–Crippen LogP) is 1.95. The number of amides is 2. The summed E-state index contributed by atoms with van der Waals surface area (Å²) in [5.41, 5.74) is 2.86. The number of nitrogens with one attached hydrogen (secondary N) is 2. The molecule has 0 aromatic carbocycles. The van der Waals surface area contributed by atoms with E-state index in [1.807, 2.05) is 32.0 Å². The molecule has 0 atom stereocenters. The van der Waals surface area contributed by atoms with Gasteiger partial charge in [-0.15, -0.1) is 0 Å². The summed E-state index contributed by atoms with van der Waals surface area (Å²) in [4.78, 5) is 35.7. The first-order valence-corrected chi connectivity index (χ1v) is 9.64. The second-order valence-corrected chi connectivity index (χ2v) is 6.90. The molecule has 0 saturated carbocycles. The van der Waals surface area contributed by atoms with Crippen molar-refractivity contribution in [3.63, 3.8) is 0 Å². The summed E-state index contributed by atoms with van der Waals surface area (Å²) < 4.78 is 0. The molecule has 2 aromatic heterocycles. The SMILES string of the molecule is CCNC(=O)Nc1cc(CN2CCN(c3ccc(C(=O)O)nc3C)CC2)ccn1. The van der Waals surface area contributed by atoms with Gasteiger partial charge in [-0.05, 0) is 43.7 Å². The van der Waals surface area contributed by atoms with Crippen molar-refractivity contribution in [2.75, 3.05) is 42.9 Å². The number of pyridine rings is 2. The Bertz CT molecular complexity index is 880. The number of carbonyl (C=O) groups excluding carboxylic acids is 1. The van der Waals surface area contributed by atoms with Gasteiger partial charge in [0.2, 0.25) is 0 Å². The van der Waals surface area contributed by atoms with Crippen molar-refractivity contribution >= 4 is 23.5 Å². The lowest BCUT2D eigenvalue weighted by molar-refractivity contribution is 0.0690. The van der Waals surface area contributed by atoms with Crippen LogP contribution in [0.3, 0.4) is 0 Å². The number of carboxylic acid groups (broad SMARTS) is 1. The Morgan fingerprint density at radius 2 is 1.93 bits per heavy atom. The molecule has 1 aliphatic rings. The first-order chi connectivity index (χ1) is 14.0. The number of nitrogens with zero attached hydrogens (tertiary/aromatic N) is 4. The van der Waals surface area contributed by atoms with E-state index < -0.39 is 5.97 Å². The zero-order chi connectivity index (χ0) is 20.8. The van der Waals surface area contributed by atoms with Crippen LogP contribution in [0.2, 0.25) is 0 Å². The standard InChI is InChI=1S/C20H26N6O3/c1-3-21-20(29)24-18-12-15(6-7-22-18)13-25-8-10-26(11-9-25)17-5-4-16(19(27)28)23-14(17)2/h4-7,12H,3,8-11,13H2,1-2H3,(H,27,28)(H2,21,22,24,29). The quantitative estimate of drug-likeness (QED) is 0.682. The second-order valence-electron chi connectivity index (χ2n) is 6.90. The van der Waals surface area contributed by atoms with Gasteiger partial charge in [0.25, 0.3) is 0 Å². The van der Waals surface area contributed by atoms with E-state index in [9.17, 15) is 9.59 Å². The molecule has 1 fully saturated rings. The van der Waals surface area contributed by atoms with Gasteiger partial charge in [0.05, 0.1) is 11.4 Å². The highest BCUT2D eigenvalue weighted by molar-refractivity contribution is 5.88. The van der Waals surface area contributed by atoms with E-state index in [1.54, 1.807) is 12.3 Å². The molecule has 0 bridgehead atoms. The van der Waals surface area contributed by atoms with Gasteiger partial charge in [0.15, 0.2) is 0 Å². The number of carbonyl (C=O) groups is 2. The van der Waals surface area contributed by atoms with Gasteiger partial charge in [-0.2, -0.15) is 0 Å². The Morgan fingerprint density at radius 3 is 2.59 bits per heavy atom. The van der Waals surface area contributed by atoms with E-state index in [4.69, 9.17) is 5.11 Å². The van der Waals surface area contributed by atoms with Crippen LogP contribution in [-0.2, 0) is 6.54 Å². The fourth-order valence-corrected chi connectivity index (χ4v) is 3.37. The molecule has 3 heterocycles. The van der Waals surface area contributed by atoms with Crippen molar-refractivity contribution in [1.29, 1.82) is 0 Å². The molecule has 3 N–H and O–H groups in total. The minimum atomic E-state index is -1.01. The predicted molar refractivity (Wildman–Crippen MR) is 110 cm³/mol. The fraction of sp³-hybridized carbons (Fsp3) is 0.400. The number of rotatable bonds is 6. The molecule has 0 radical (unpaired) electrons. The number of urea groups is 1. The maximum absolute atomic E-state index is 11.7. The number of piperazine rings is 1. The van der Waals surface area contributed by atoms with Crippen molar-refractivity contribution in [2.45, 2.75) is 20.4 Å². The highest BCUT2D eigenvalue weighted by Gasteiger charge is 2.20. The summed E-state index contributed by atoms with van der Waals surface area (Å²) in [5, 5.41) is 14.5. The van der Waals surface area contributed by atoms with Crippen LogP contribution in [0.15, 0.2) is 30.5 Å². The van der Waals surface area contributed by atoms with E-state index in [2.05, 4.69) is 30.4 Å². The van der Waals surface area contributed by atoms with Gasteiger partial charge >= 0.3 is 12.0 Å². The van der Waals surface area contributed by atoms with Gasteiger partial charge in [-0.1, -0.05) is 0 Å². The van der Waals surface area contributed by atoms with Crippen molar-refractivity contribution < 1.29 is 14.7 Å². The molecule has 9 heteroatoms. The third-order valence-corrected chi connectivity index (χ3v) is 4.80. The highest BCUT2D eigenvalue weighted by atomic mass is 16.4. The molecular weight excluding hydrogens is 372 g/mol. The lowest BCUT2D eigenvalue weighted by Gasteiger charge is -2.36. The van der Waals surface area contributed by atoms with Crippen molar-refractivity contribution in [1.82, 2.24) is 20.2 Å². The average molecular weight is 398 g/mol. The highest BCUT2D eigenvalue weighted by Crippen LogP contribution is 2.21. The molecular formula is C20H26N6O3. The van der Waals surface area contributed by atoms with Gasteiger partial charge < -0.3 is 15.3 Å². The number of aromatic carboxylic acids is 1. The molecule has 1 saturated heterocycles. The Labute approximate surface area is 169 Å². The van der Waals surface area contributed by atoms with E-state index in [0.29, 0.717) is 12.4 Å². The zero-order valence-electron chi connectivity index (χ0n) is 16.7. The smallest absolute Gasteiger partial charge is 0.354 e. The van der Waals surface area contributed by atoms with E-state index in [0.717, 1.165) is 49.7 Å². The van der Waals surface area contributed by atoms with Crippen LogP contribution in [0.25, 0.3) is 0 Å². The topological polar surface area (TPSA) is 111 Å². The van der Waals surface area contributed by atoms with Gasteiger partial charge in [0, 0.05) is 45.5 Å². The van der Waals surface area contributed by atoms with Crippen molar-refractivity contribution in [2.24, 2.45) is 0 Å². The number of aryl methyl sites for hydroxylation is 1. The van der Waals surface area contributed by atoms with Crippen LogP contribution in [-0.4, -0.2) is 64.7 Å². The molecule has 3 rings (SSSR count). The number of hydrogen-bond donors (Lipinski definition) is 3. The monoisotopic (exact) mass is 398 g/mol. The molecule has 154 valence electrons. The largest absolute Gasteiger partial charge is 0.477 e. The average Bonchev–Trinajstić information content (AvgIpc) is 2.69. The molecule has 0 unspecified atom stereocenters. The lowest BCUT2D eigenvalue weighted by atomic mass is 10.2. The molecule has 2 aromatic rings. The van der Waals surface area contributed by atoms with Crippen LogP contribution in [0.5, 0.6) is 0 Å². The van der Waals surface area contributed by atoms with E-state index in [-0.39, 0.29) is 11.7 Å². The number of anilines is 2. The number of aromatic nitrogens is 2. The Balaban J connectivity index is 1.56. The van der Waals surface area contributed by atoms with Crippen LogP contribution in [0.1, 0.15) is 28.7 Å². The summed E-state index contributed by atoms with van der Waals surface area (Å²) >= 11 is 0. The van der Waals surface area contributed by atoms with E-state index in [1.165, 1.54) is 0 Å². The first-order valence-electron chi connectivity index (χ1n) is 9.64. The summed E-state index contributed by atoms with van der Waals surface area (Å²) in [6, 6.07) is 6.97. The second kappa shape index (κ2) is 9.33. The van der Waals surface area contributed by atoms with Crippen LogP contribution in [0, 0.1) is 6.92 Å². The Kier molecular flexibility index (Phi) is 6.61. The summed E-state index contributed by atoms with van der Waals surface area (Å²) in [6.07, 6.45) is 1.70. The van der Waals surface area contributed by atoms with Crippen molar-refractivity contribution in [3.8, 4) is 0 Å². The third-order valence-electron chi connectivity index (χ3n) is 4.80.